The summed E-state index contributed by atoms with van der Waals surface area (Å²) >= 11 is 0. The zero-order valence-electron chi connectivity index (χ0n) is 55.8. The molecule has 8 aromatic heterocycles. The third kappa shape index (κ3) is 16.3. The van der Waals surface area contributed by atoms with E-state index in [-0.39, 0.29) is 0 Å². The second-order valence-electron chi connectivity index (χ2n) is 24.7. The minimum Gasteiger partial charge on any atom is -0.261 e. The Morgan fingerprint density at radius 1 is 0.391 bits per heavy atom. The van der Waals surface area contributed by atoms with Crippen molar-refractivity contribution in [1.29, 1.82) is 0 Å². The van der Waals surface area contributed by atoms with Crippen LogP contribution < -0.4 is 18.3 Å². The Balaban J connectivity index is 0.000000135. The quantitative estimate of drug-likeness (QED) is 0.113. The molecule has 0 unspecified atom stereocenters. The highest BCUT2D eigenvalue weighted by molar-refractivity contribution is 5.69. The molecule has 1 fully saturated rings. The molecule has 10 nitrogen and oxygen atoms in total. The number of rotatable bonds is 12. The molecule has 0 amide bonds. The van der Waals surface area contributed by atoms with Crippen molar-refractivity contribution in [3.8, 4) is 89.8 Å². The Morgan fingerprint density at radius 3 is 1.15 bits per heavy atom. The Labute approximate surface area is 545 Å². The lowest BCUT2D eigenvalue weighted by molar-refractivity contribution is -0.660. The predicted octanol–water partition coefficient (Wildman–Crippen LogP) is 16.7. The highest BCUT2D eigenvalue weighted by Gasteiger charge is 2.22. The van der Waals surface area contributed by atoms with Gasteiger partial charge in [0, 0.05) is 117 Å². The van der Waals surface area contributed by atoms with Crippen LogP contribution in [0.2, 0.25) is 0 Å². The lowest BCUT2D eigenvalue weighted by Crippen LogP contribution is -2.31. The first-order valence-electron chi connectivity index (χ1n) is 32.4. The lowest BCUT2D eigenvalue weighted by Gasteiger charge is -2.09. The largest absolute Gasteiger partial charge is 0.261 e. The van der Waals surface area contributed by atoms with Crippen LogP contribution in [-0.2, 0) is 41.0 Å². The van der Waals surface area contributed by atoms with E-state index in [9.17, 15) is 0 Å². The minimum absolute atomic E-state index is 0.542. The number of hydrogen-bond acceptors (Lipinski definition) is 6. The Morgan fingerprint density at radius 2 is 0.772 bits per heavy atom. The fourth-order valence-electron chi connectivity index (χ4n) is 12.0. The van der Waals surface area contributed by atoms with Crippen molar-refractivity contribution in [2.45, 2.75) is 99.8 Å². The van der Waals surface area contributed by atoms with Crippen LogP contribution in [0.1, 0.15) is 97.7 Å². The summed E-state index contributed by atoms with van der Waals surface area (Å²) in [5.74, 6) is 3.02. The van der Waals surface area contributed by atoms with Crippen molar-refractivity contribution in [3.63, 3.8) is 0 Å². The molecule has 13 rings (SSSR count). The zero-order chi connectivity index (χ0) is 64.7. The SMILES string of the molecule is CCc1ccc(-c2ccc(-c3ccccc3C)[n+](C)c2)cn1.Cc1ccc(-c2ccc(-c3ccccc3C)[n+](C)c2)cn1.Cc1ccccc1-c1ccc(-c2ccnc(C3CCCC3)n2)c[n+]1C.Cc1ccccc1-c1ccc(-c2ccnc(CC(C)C)n2)c[n+]1C. The summed E-state index contributed by atoms with van der Waals surface area (Å²) in [5.41, 5.74) is 26.2. The fourth-order valence-corrected chi connectivity index (χ4v) is 12.0. The Kier molecular flexibility index (Phi) is 21.6. The van der Waals surface area contributed by atoms with E-state index in [0.717, 1.165) is 69.5 Å². The maximum absolute atomic E-state index is 4.86. The van der Waals surface area contributed by atoms with E-state index in [1.165, 1.54) is 104 Å². The number of benzene rings is 4. The molecule has 462 valence electrons. The molecule has 0 N–H and O–H groups in total. The van der Waals surface area contributed by atoms with Gasteiger partial charge in [0.1, 0.15) is 39.8 Å². The highest BCUT2D eigenvalue weighted by atomic mass is 15.0. The van der Waals surface area contributed by atoms with E-state index < -0.39 is 0 Å². The van der Waals surface area contributed by atoms with E-state index >= 15 is 0 Å². The van der Waals surface area contributed by atoms with Gasteiger partial charge in [0.05, 0.1) is 22.5 Å². The monoisotopic (exact) mass is 1210 g/mol. The molecular weight excluding hydrogens is 1120 g/mol. The molecule has 0 aliphatic heterocycles. The van der Waals surface area contributed by atoms with E-state index in [0.29, 0.717) is 11.8 Å². The minimum atomic E-state index is 0.542. The number of hydrogen-bond donors (Lipinski definition) is 0. The average Bonchev–Trinajstić information content (AvgIpc) is 1.05. The van der Waals surface area contributed by atoms with Gasteiger partial charge in [-0.15, -0.1) is 0 Å². The van der Waals surface area contributed by atoms with Crippen molar-refractivity contribution in [2.24, 2.45) is 34.1 Å². The molecule has 12 aromatic rings. The summed E-state index contributed by atoms with van der Waals surface area (Å²) in [7, 11) is 8.37. The maximum atomic E-state index is 4.86. The lowest BCUT2D eigenvalue weighted by atomic mass is 10.0. The van der Waals surface area contributed by atoms with Gasteiger partial charge in [0.25, 0.3) is 0 Å². The fraction of sp³-hybridized carbons (Fsp3) is 0.244. The molecule has 1 saturated carbocycles. The van der Waals surface area contributed by atoms with Gasteiger partial charge in [-0.05, 0) is 155 Å². The van der Waals surface area contributed by atoms with Crippen molar-refractivity contribution >= 4 is 0 Å². The van der Waals surface area contributed by atoms with Gasteiger partial charge in [-0.3, -0.25) is 9.97 Å². The van der Waals surface area contributed by atoms with Crippen molar-refractivity contribution in [3.05, 3.63) is 277 Å². The second kappa shape index (κ2) is 30.6. The topological polar surface area (TPSA) is 92.9 Å². The summed E-state index contributed by atoms with van der Waals surface area (Å²) in [6.07, 6.45) is 23.2. The molecule has 0 radical (unpaired) electrons. The smallest absolute Gasteiger partial charge is 0.212 e. The molecule has 1 aliphatic carbocycles. The molecule has 8 heterocycles. The van der Waals surface area contributed by atoms with Crippen molar-refractivity contribution < 1.29 is 18.3 Å². The maximum Gasteiger partial charge on any atom is 0.212 e. The van der Waals surface area contributed by atoms with Crippen molar-refractivity contribution in [2.75, 3.05) is 0 Å². The first-order chi connectivity index (χ1) is 44.6. The molecule has 0 spiro atoms. The van der Waals surface area contributed by atoms with Crippen LogP contribution in [-0.4, -0.2) is 29.9 Å². The standard InChI is InChI=1S/C22H24N3.C21H24N3.C20H21N2.C19H19N2/c1-16-7-3-6-10-19(16)21-12-11-18(15-25(21)2)20-13-14-23-22(24-20)17-8-4-5-9-17;1-15(2)13-21-22-12-11-19(23-21)17-9-10-20(24(4)14-17)18-8-6-5-7-16(18)3;1-4-18-11-9-16(13-21-18)17-10-12-20(22(3)14-17)19-8-6-5-7-15(19)2;1-14-6-4-5-7-18(14)19-11-10-17(13-21(19)3)16-9-8-15(2)20-12-16/h3,6-7,10-15,17H,4-5,8-9H2,1-2H3;5-12,14-15H,13H2,1-4H3;5-14H,4H2,1-3H3;4-13H,1-3H3/q4*+1. The molecule has 4 aromatic carbocycles. The van der Waals surface area contributed by atoms with Crippen LogP contribution in [0.4, 0.5) is 0 Å². The number of pyridine rings is 6. The van der Waals surface area contributed by atoms with Gasteiger partial charge in [-0.1, -0.05) is 119 Å². The van der Waals surface area contributed by atoms with Gasteiger partial charge in [0.2, 0.25) is 22.8 Å². The second-order valence-corrected chi connectivity index (χ2v) is 24.7. The zero-order valence-corrected chi connectivity index (χ0v) is 55.8. The van der Waals surface area contributed by atoms with Crippen LogP contribution in [0.15, 0.2) is 232 Å². The number of aromatic nitrogens is 10. The first kappa shape index (κ1) is 64.9. The summed E-state index contributed by atoms with van der Waals surface area (Å²) in [5, 5.41) is 0. The summed E-state index contributed by atoms with van der Waals surface area (Å²) in [6, 6.07) is 63.7. The Bertz CT molecular complexity index is 4450. The summed E-state index contributed by atoms with van der Waals surface area (Å²) in [4.78, 5) is 27.4. The molecular formula is C82H88N10+4. The molecule has 0 atom stereocenters. The summed E-state index contributed by atoms with van der Waals surface area (Å²) < 4.78 is 8.72. The molecule has 10 heteroatoms. The van der Waals surface area contributed by atoms with E-state index in [2.05, 4.69) is 303 Å². The molecule has 1 aliphatic rings. The van der Waals surface area contributed by atoms with Crippen LogP contribution in [0, 0.1) is 40.5 Å². The third-order valence-electron chi connectivity index (χ3n) is 17.3. The molecule has 0 saturated heterocycles. The Hall–Kier alpha value is -10.1. The van der Waals surface area contributed by atoms with E-state index in [4.69, 9.17) is 9.97 Å². The third-order valence-corrected chi connectivity index (χ3v) is 17.3. The molecule has 0 bridgehead atoms. The van der Waals surface area contributed by atoms with Crippen LogP contribution >= 0.6 is 0 Å². The van der Waals surface area contributed by atoms with Crippen molar-refractivity contribution in [1.82, 2.24) is 29.9 Å². The average molecular weight is 1210 g/mol. The van der Waals surface area contributed by atoms with Gasteiger partial charge >= 0.3 is 0 Å². The van der Waals surface area contributed by atoms with Crippen LogP contribution in [0.3, 0.4) is 0 Å². The van der Waals surface area contributed by atoms with Gasteiger partial charge < -0.3 is 0 Å². The number of nitrogens with zero attached hydrogens (tertiary/aromatic N) is 10. The van der Waals surface area contributed by atoms with Gasteiger partial charge in [0.15, 0.2) is 24.8 Å². The van der Waals surface area contributed by atoms with Crippen LogP contribution in [0.25, 0.3) is 89.8 Å². The summed E-state index contributed by atoms with van der Waals surface area (Å²) in [6.45, 7) is 17.1. The number of aryl methyl sites for hydroxylation is 10. The molecule has 92 heavy (non-hydrogen) atoms. The normalized spacial score (nSPS) is 11.9. The van der Waals surface area contributed by atoms with Gasteiger partial charge in [-0.2, -0.15) is 0 Å². The highest BCUT2D eigenvalue weighted by Crippen LogP contribution is 2.33. The van der Waals surface area contributed by atoms with E-state index in [1.807, 2.05) is 49.9 Å². The van der Waals surface area contributed by atoms with Crippen LogP contribution in [0.5, 0.6) is 0 Å². The van der Waals surface area contributed by atoms with Gasteiger partial charge in [-0.25, -0.2) is 38.2 Å². The predicted molar refractivity (Wildman–Crippen MR) is 374 cm³/mol. The first-order valence-corrected chi connectivity index (χ1v) is 32.4. The van der Waals surface area contributed by atoms with E-state index in [1.54, 1.807) is 0 Å².